The Balaban J connectivity index is 0.000000861. The van der Waals surface area contributed by atoms with E-state index in [2.05, 4.69) is 11.9 Å². The third-order valence-electron chi connectivity index (χ3n) is 2.79. The second kappa shape index (κ2) is 7.41. The molecule has 0 amide bonds. The molecule has 1 aromatic heterocycles. The first kappa shape index (κ1) is 15.0. The van der Waals surface area contributed by atoms with Gasteiger partial charge in [-0.3, -0.25) is 0 Å². The van der Waals surface area contributed by atoms with Crippen molar-refractivity contribution in [3.8, 4) is 16.9 Å². The lowest BCUT2D eigenvalue weighted by Gasteiger charge is -2.09. The minimum atomic E-state index is 0.569. The Morgan fingerprint density at radius 2 is 1.79 bits per heavy atom. The number of hydrogen-bond donors (Lipinski definition) is 1. The Labute approximate surface area is 115 Å². The highest BCUT2D eigenvalue weighted by Crippen LogP contribution is 2.26. The molecule has 19 heavy (non-hydrogen) atoms. The molecule has 0 fully saturated rings. The van der Waals surface area contributed by atoms with Crippen molar-refractivity contribution in [3.63, 3.8) is 0 Å². The molecule has 0 saturated carbocycles. The normalized spacial score (nSPS) is 9.47. The number of hydrogen-bond acceptors (Lipinski definition) is 3. The van der Waals surface area contributed by atoms with Crippen LogP contribution in [0.3, 0.4) is 0 Å². The molecule has 102 valence electrons. The zero-order valence-corrected chi connectivity index (χ0v) is 12.1. The molecule has 2 rings (SSSR count). The Hall–Kier alpha value is -2.03. The molecular formula is C16H22N2O. The number of nitrogens with two attached hydrogens (primary N) is 1. The number of nitrogen functional groups attached to an aromatic ring is 1. The van der Waals surface area contributed by atoms with Crippen molar-refractivity contribution in [2.45, 2.75) is 27.2 Å². The molecule has 0 aliphatic rings. The number of pyridine rings is 1. The lowest BCUT2D eigenvalue weighted by atomic mass is 10.0. The van der Waals surface area contributed by atoms with Gasteiger partial charge in [0.05, 0.1) is 7.11 Å². The summed E-state index contributed by atoms with van der Waals surface area (Å²) in [7, 11) is 1.66. The minimum absolute atomic E-state index is 0.569. The van der Waals surface area contributed by atoms with Crippen LogP contribution in [0.15, 0.2) is 36.5 Å². The van der Waals surface area contributed by atoms with Gasteiger partial charge in [0.25, 0.3) is 0 Å². The quantitative estimate of drug-likeness (QED) is 0.907. The summed E-state index contributed by atoms with van der Waals surface area (Å²) in [4.78, 5) is 4.15. The fourth-order valence-corrected chi connectivity index (χ4v) is 1.84. The van der Waals surface area contributed by atoms with Crippen LogP contribution in [0, 0.1) is 0 Å². The third kappa shape index (κ3) is 3.71. The molecule has 0 saturated heterocycles. The van der Waals surface area contributed by atoms with Gasteiger partial charge in [0.15, 0.2) is 0 Å². The largest absolute Gasteiger partial charge is 0.497 e. The SMILES string of the molecule is CC.CCc1cc(N)ncc1-c1ccc(OC)cc1. The van der Waals surface area contributed by atoms with Crippen molar-refractivity contribution in [2.75, 3.05) is 12.8 Å². The van der Waals surface area contributed by atoms with Gasteiger partial charge in [-0.15, -0.1) is 0 Å². The lowest BCUT2D eigenvalue weighted by molar-refractivity contribution is 0.415. The Morgan fingerprint density at radius 1 is 1.16 bits per heavy atom. The molecule has 0 unspecified atom stereocenters. The van der Waals surface area contributed by atoms with Crippen LogP contribution in [0.4, 0.5) is 5.82 Å². The molecule has 0 bridgehead atoms. The Kier molecular flexibility index (Phi) is 5.86. The van der Waals surface area contributed by atoms with E-state index in [4.69, 9.17) is 10.5 Å². The number of aryl methyl sites for hydroxylation is 1. The summed E-state index contributed by atoms with van der Waals surface area (Å²) >= 11 is 0. The van der Waals surface area contributed by atoms with E-state index in [-0.39, 0.29) is 0 Å². The van der Waals surface area contributed by atoms with Gasteiger partial charge in [0, 0.05) is 11.8 Å². The highest BCUT2D eigenvalue weighted by Gasteiger charge is 2.05. The van der Waals surface area contributed by atoms with Crippen LogP contribution in [0.5, 0.6) is 5.75 Å². The van der Waals surface area contributed by atoms with Gasteiger partial charge in [0.2, 0.25) is 0 Å². The van der Waals surface area contributed by atoms with Gasteiger partial charge in [-0.2, -0.15) is 0 Å². The van der Waals surface area contributed by atoms with Gasteiger partial charge < -0.3 is 10.5 Å². The maximum Gasteiger partial charge on any atom is 0.123 e. The summed E-state index contributed by atoms with van der Waals surface area (Å²) < 4.78 is 5.15. The fourth-order valence-electron chi connectivity index (χ4n) is 1.84. The van der Waals surface area contributed by atoms with Gasteiger partial charge in [-0.1, -0.05) is 32.9 Å². The second-order valence-corrected chi connectivity index (χ2v) is 3.85. The van der Waals surface area contributed by atoms with Gasteiger partial charge in [0.1, 0.15) is 11.6 Å². The molecule has 1 heterocycles. The van der Waals surface area contributed by atoms with Crippen LogP contribution < -0.4 is 10.5 Å². The number of rotatable bonds is 3. The summed E-state index contributed by atoms with van der Waals surface area (Å²) in [6, 6.07) is 9.90. The highest BCUT2D eigenvalue weighted by molar-refractivity contribution is 5.68. The zero-order chi connectivity index (χ0) is 14.3. The molecule has 2 N–H and O–H groups in total. The maximum absolute atomic E-state index is 5.70. The standard InChI is InChI=1S/C14H16N2O.C2H6/c1-3-10-8-14(15)16-9-13(10)11-4-6-12(17-2)7-5-11;1-2/h4-9H,3H2,1-2H3,(H2,15,16);1-2H3. The number of benzene rings is 1. The van der Waals surface area contributed by atoms with Crippen molar-refractivity contribution in [1.82, 2.24) is 4.98 Å². The Bertz CT molecular complexity index is 507. The van der Waals surface area contributed by atoms with E-state index in [0.29, 0.717) is 5.82 Å². The van der Waals surface area contributed by atoms with Crippen LogP contribution >= 0.6 is 0 Å². The van der Waals surface area contributed by atoms with Crippen LogP contribution in [0.1, 0.15) is 26.3 Å². The number of nitrogens with zero attached hydrogens (tertiary/aromatic N) is 1. The van der Waals surface area contributed by atoms with Crippen LogP contribution in [0.25, 0.3) is 11.1 Å². The molecule has 0 aliphatic heterocycles. The van der Waals surface area contributed by atoms with E-state index in [9.17, 15) is 0 Å². The van der Waals surface area contributed by atoms with Crippen LogP contribution in [-0.2, 0) is 6.42 Å². The summed E-state index contributed by atoms with van der Waals surface area (Å²) in [6.45, 7) is 6.11. The predicted molar refractivity (Wildman–Crippen MR) is 81.4 cm³/mol. The van der Waals surface area contributed by atoms with E-state index < -0.39 is 0 Å². The summed E-state index contributed by atoms with van der Waals surface area (Å²) in [5.74, 6) is 1.43. The lowest BCUT2D eigenvalue weighted by Crippen LogP contribution is -1.95. The molecule has 0 aliphatic carbocycles. The molecule has 2 aromatic rings. The average Bonchev–Trinajstić information content (AvgIpc) is 2.49. The predicted octanol–water partition coefficient (Wildman–Crippen LogP) is 3.93. The molecule has 3 heteroatoms. The van der Waals surface area contributed by atoms with Crippen molar-refractivity contribution in [1.29, 1.82) is 0 Å². The molecular weight excluding hydrogens is 236 g/mol. The first-order chi connectivity index (χ1) is 9.24. The van der Waals surface area contributed by atoms with Crippen molar-refractivity contribution in [3.05, 3.63) is 42.1 Å². The third-order valence-corrected chi connectivity index (χ3v) is 2.79. The molecule has 3 nitrogen and oxygen atoms in total. The van der Waals surface area contributed by atoms with E-state index in [1.165, 1.54) is 5.56 Å². The van der Waals surface area contributed by atoms with E-state index in [1.807, 2.05) is 50.4 Å². The van der Waals surface area contributed by atoms with E-state index in [1.54, 1.807) is 7.11 Å². The molecule has 0 spiro atoms. The van der Waals surface area contributed by atoms with Crippen molar-refractivity contribution >= 4 is 5.82 Å². The van der Waals surface area contributed by atoms with Gasteiger partial charge >= 0.3 is 0 Å². The fraction of sp³-hybridized carbons (Fsp3) is 0.312. The molecule has 1 aromatic carbocycles. The summed E-state index contributed by atoms with van der Waals surface area (Å²) in [5.41, 5.74) is 9.17. The second-order valence-electron chi connectivity index (χ2n) is 3.85. The van der Waals surface area contributed by atoms with Gasteiger partial charge in [-0.25, -0.2) is 4.98 Å². The highest BCUT2D eigenvalue weighted by atomic mass is 16.5. The minimum Gasteiger partial charge on any atom is -0.497 e. The van der Waals surface area contributed by atoms with E-state index in [0.717, 1.165) is 23.3 Å². The number of anilines is 1. The number of ether oxygens (including phenoxy) is 1. The maximum atomic E-state index is 5.70. The van der Waals surface area contributed by atoms with Gasteiger partial charge in [-0.05, 0) is 35.7 Å². The molecule has 0 atom stereocenters. The van der Waals surface area contributed by atoms with Crippen molar-refractivity contribution < 1.29 is 4.74 Å². The number of methoxy groups -OCH3 is 1. The number of aromatic nitrogens is 1. The Morgan fingerprint density at radius 3 is 2.32 bits per heavy atom. The topological polar surface area (TPSA) is 48.1 Å². The molecule has 0 radical (unpaired) electrons. The average molecular weight is 258 g/mol. The van der Waals surface area contributed by atoms with E-state index >= 15 is 0 Å². The first-order valence-electron chi connectivity index (χ1n) is 6.63. The first-order valence-corrected chi connectivity index (χ1v) is 6.63. The van der Waals surface area contributed by atoms with Crippen LogP contribution in [-0.4, -0.2) is 12.1 Å². The monoisotopic (exact) mass is 258 g/mol. The smallest absolute Gasteiger partial charge is 0.123 e. The summed E-state index contributed by atoms with van der Waals surface area (Å²) in [6.07, 6.45) is 2.77. The zero-order valence-electron chi connectivity index (χ0n) is 12.1. The van der Waals surface area contributed by atoms with Crippen molar-refractivity contribution in [2.24, 2.45) is 0 Å². The van der Waals surface area contributed by atoms with Crippen LogP contribution in [0.2, 0.25) is 0 Å². The summed E-state index contributed by atoms with van der Waals surface area (Å²) in [5, 5.41) is 0.